The number of halogens is 1. The van der Waals surface area contributed by atoms with Crippen LogP contribution in [0.4, 0.5) is 5.69 Å². The topological polar surface area (TPSA) is 39.7 Å². The second-order valence-corrected chi connectivity index (χ2v) is 6.73. The summed E-state index contributed by atoms with van der Waals surface area (Å²) in [6.45, 7) is 0. The standard InChI is InChI=1S/C22H20ClNO3/c1-25-16-9-10-17(20(13-16)26-2)22-24-19-11-8-15(23)12-18(19)21(27-22)14-6-4-3-5-7-14/h3-13,21-22,24H,1-2H3/t21-,22-/m0/s1. The lowest BCUT2D eigenvalue weighted by Gasteiger charge is -2.35. The predicted octanol–water partition coefficient (Wildman–Crippen LogP) is 5.59. The fourth-order valence-corrected chi connectivity index (χ4v) is 3.52. The third kappa shape index (κ3) is 3.46. The average molecular weight is 382 g/mol. The molecular formula is C22H20ClNO3. The Labute approximate surface area is 163 Å². The van der Waals surface area contributed by atoms with Crippen LogP contribution in [0.3, 0.4) is 0 Å². The van der Waals surface area contributed by atoms with Gasteiger partial charge in [0.25, 0.3) is 0 Å². The van der Waals surface area contributed by atoms with Gasteiger partial charge in [-0.05, 0) is 35.9 Å². The fraction of sp³-hybridized carbons (Fsp3) is 0.182. The second kappa shape index (κ2) is 7.51. The van der Waals surface area contributed by atoms with E-state index < -0.39 is 0 Å². The van der Waals surface area contributed by atoms with Crippen LogP contribution in [0.2, 0.25) is 5.02 Å². The maximum Gasteiger partial charge on any atom is 0.158 e. The third-order valence-corrected chi connectivity index (χ3v) is 4.92. The lowest BCUT2D eigenvalue weighted by Crippen LogP contribution is -2.25. The van der Waals surface area contributed by atoms with Gasteiger partial charge in [0.1, 0.15) is 17.6 Å². The van der Waals surface area contributed by atoms with Crippen molar-refractivity contribution in [3.05, 3.63) is 88.4 Å². The highest BCUT2D eigenvalue weighted by Crippen LogP contribution is 2.44. The first-order chi connectivity index (χ1) is 13.2. The van der Waals surface area contributed by atoms with E-state index >= 15 is 0 Å². The Morgan fingerprint density at radius 1 is 0.889 bits per heavy atom. The smallest absolute Gasteiger partial charge is 0.158 e. The van der Waals surface area contributed by atoms with E-state index in [-0.39, 0.29) is 12.3 Å². The summed E-state index contributed by atoms with van der Waals surface area (Å²) in [5, 5.41) is 4.13. The number of ether oxygens (including phenoxy) is 3. The van der Waals surface area contributed by atoms with Crippen molar-refractivity contribution in [2.45, 2.75) is 12.3 Å². The first kappa shape index (κ1) is 17.7. The summed E-state index contributed by atoms with van der Waals surface area (Å²) in [6.07, 6.45) is -0.609. The molecular weight excluding hydrogens is 362 g/mol. The van der Waals surface area contributed by atoms with Crippen LogP contribution < -0.4 is 14.8 Å². The van der Waals surface area contributed by atoms with E-state index in [1.165, 1.54) is 0 Å². The van der Waals surface area contributed by atoms with Crippen LogP contribution in [0.1, 0.15) is 29.0 Å². The van der Waals surface area contributed by atoms with E-state index in [0.29, 0.717) is 10.8 Å². The van der Waals surface area contributed by atoms with Crippen LogP contribution in [-0.2, 0) is 4.74 Å². The highest BCUT2D eigenvalue weighted by Gasteiger charge is 2.31. The van der Waals surface area contributed by atoms with Crippen LogP contribution in [0, 0.1) is 0 Å². The van der Waals surface area contributed by atoms with Crippen LogP contribution in [-0.4, -0.2) is 14.2 Å². The average Bonchev–Trinajstić information content (AvgIpc) is 2.73. The number of hydrogen-bond donors (Lipinski definition) is 1. The molecule has 0 radical (unpaired) electrons. The number of fused-ring (bicyclic) bond motifs is 1. The molecule has 0 aliphatic carbocycles. The van der Waals surface area contributed by atoms with E-state index in [1.54, 1.807) is 14.2 Å². The zero-order valence-electron chi connectivity index (χ0n) is 15.1. The molecule has 1 aliphatic rings. The predicted molar refractivity (Wildman–Crippen MR) is 107 cm³/mol. The number of benzene rings is 3. The monoisotopic (exact) mass is 381 g/mol. The van der Waals surface area contributed by atoms with Crippen molar-refractivity contribution in [2.75, 3.05) is 19.5 Å². The van der Waals surface area contributed by atoms with Gasteiger partial charge in [-0.1, -0.05) is 41.9 Å². The molecule has 27 heavy (non-hydrogen) atoms. The van der Waals surface area contributed by atoms with Gasteiger partial charge in [0.2, 0.25) is 0 Å². The molecule has 0 amide bonds. The maximum absolute atomic E-state index is 6.47. The highest BCUT2D eigenvalue weighted by molar-refractivity contribution is 6.30. The van der Waals surface area contributed by atoms with E-state index in [1.807, 2.05) is 54.6 Å². The lowest BCUT2D eigenvalue weighted by molar-refractivity contribution is 0.0145. The van der Waals surface area contributed by atoms with Gasteiger partial charge in [-0.3, -0.25) is 0 Å². The summed E-state index contributed by atoms with van der Waals surface area (Å²) in [5.41, 5.74) is 3.97. The van der Waals surface area contributed by atoms with E-state index in [9.17, 15) is 0 Å². The normalized spacial score (nSPS) is 18.3. The summed E-state index contributed by atoms with van der Waals surface area (Å²) in [7, 11) is 3.28. The first-order valence-electron chi connectivity index (χ1n) is 8.68. The van der Waals surface area contributed by atoms with Gasteiger partial charge < -0.3 is 19.5 Å². The van der Waals surface area contributed by atoms with Crippen LogP contribution in [0.15, 0.2) is 66.7 Å². The maximum atomic E-state index is 6.47. The second-order valence-electron chi connectivity index (χ2n) is 6.29. The Balaban J connectivity index is 1.78. The van der Waals surface area contributed by atoms with Gasteiger partial charge in [0, 0.05) is 27.9 Å². The number of nitrogens with one attached hydrogen (secondary N) is 1. The molecule has 0 unspecified atom stereocenters. The minimum atomic E-state index is -0.371. The van der Waals surface area contributed by atoms with E-state index in [4.69, 9.17) is 25.8 Å². The molecule has 1 heterocycles. The molecule has 0 bridgehead atoms. The van der Waals surface area contributed by atoms with Crippen molar-refractivity contribution in [1.82, 2.24) is 0 Å². The van der Waals surface area contributed by atoms with Gasteiger partial charge in [-0.2, -0.15) is 0 Å². The van der Waals surface area contributed by atoms with E-state index in [2.05, 4.69) is 17.4 Å². The fourth-order valence-electron chi connectivity index (χ4n) is 3.34. The Hall–Kier alpha value is -2.69. The molecule has 5 heteroatoms. The van der Waals surface area contributed by atoms with Gasteiger partial charge in [-0.15, -0.1) is 0 Å². The number of hydrogen-bond acceptors (Lipinski definition) is 4. The van der Waals surface area contributed by atoms with Crippen molar-refractivity contribution in [2.24, 2.45) is 0 Å². The van der Waals surface area contributed by atoms with Crippen molar-refractivity contribution in [1.29, 1.82) is 0 Å². The molecule has 0 saturated heterocycles. The van der Waals surface area contributed by atoms with Gasteiger partial charge in [-0.25, -0.2) is 0 Å². The van der Waals surface area contributed by atoms with Gasteiger partial charge in [0.05, 0.1) is 14.2 Å². The Morgan fingerprint density at radius 3 is 2.44 bits per heavy atom. The Bertz CT molecular complexity index is 946. The molecule has 2 atom stereocenters. The zero-order chi connectivity index (χ0) is 18.8. The Kier molecular flexibility index (Phi) is 4.92. The lowest BCUT2D eigenvalue weighted by atomic mass is 9.97. The van der Waals surface area contributed by atoms with Crippen LogP contribution in [0.25, 0.3) is 0 Å². The first-order valence-corrected chi connectivity index (χ1v) is 9.05. The van der Waals surface area contributed by atoms with E-state index in [0.717, 1.165) is 28.1 Å². The van der Waals surface area contributed by atoms with Crippen LogP contribution in [0.5, 0.6) is 11.5 Å². The molecule has 0 spiro atoms. The van der Waals surface area contributed by atoms with Crippen molar-refractivity contribution in [3.8, 4) is 11.5 Å². The molecule has 4 rings (SSSR count). The summed E-state index contributed by atoms with van der Waals surface area (Å²) >= 11 is 6.25. The SMILES string of the molecule is COc1ccc([C@H]2Nc3ccc(Cl)cc3[C@H](c3ccccc3)O2)c(OC)c1. The minimum absolute atomic E-state index is 0.238. The van der Waals surface area contributed by atoms with Crippen molar-refractivity contribution >= 4 is 17.3 Å². The molecule has 4 nitrogen and oxygen atoms in total. The van der Waals surface area contributed by atoms with Gasteiger partial charge >= 0.3 is 0 Å². The molecule has 1 N–H and O–H groups in total. The number of methoxy groups -OCH3 is 2. The van der Waals surface area contributed by atoms with Crippen molar-refractivity contribution in [3.63, 3.8) is 0 Å². The Morgan fingerprint density at radius 2 is 1.70 bits per heavy atom. The summed E-state index contributed by atoms with van der Waals surface area (Å²) in [6, 6.07) is 21.7. The quantitative estimate of drug-likeness (QED) is 0.639. The van der Waals surface area contributed by atoms with Gasteiger partial charge in [0.15, 0.2) is 6.23 Å². The summed E-state index contributed by atoms with van der Waals surface area (Å²) in [4.78, 5) is 0. The molecule has 1 aliphatic heterocycles. The molecule has 0 fully saturated rings. The minimum Gasteiger partial charge on any atom is -0.497 e. The molecule has 0 saturated carbocycles. The molecule has 3 aromatic carbocycles. The molecule has 3 aromatic rings. The zero-order valence-corrected chi connectivity index (χ0v) is 15.9. The molecule has 0 aromatic heterocycles. The van der Waals surface area contributed by atoms with Crippen LogP contribution >= 0.6 is 11.6 Å². The third-order valence-electron chi connectivity index (χ3n) is 4.68. The molecule has 138 valence electrons. The summed E-state index contributed by atoms with van der Waals surface area (Å²) in [5.74, 6) is 1.44. The summed E-state index contributed by atoms with van der Waals surface area (Å²) < 4.78 is 17.3. The van der Waals surface area contributed by atoms with Crippen molar-refractivity contribution < 1.29 is 14.2 Å². The highest BCUT2D eigenvalue weighted by atomic mass is 35.5. The number of anilines is 1. The largest absolute Gasteiger partial charge is 0.497 e. The number of rotatable bonds is 4.